The Balaban J connectivity index is 1.79. The van der Waals surface area contributed by atoms with Gasteiger partial charge in [-0.25, -0.2) is 0 Å². The van der Waals surface area contributed by atoms with E-state index in [0.717, 1.165) is 36.0 Å². The van der Waals surface area contributed by atoms with Crippen molar-refractivity contribution in [1.82, 2.24) is 0 Å². The molecule has 0 unspecified atom stereocenters. The molecule has 0 aromatic heterocycles. The number of aliphatic hydroxyl groups is 1. The Morgan fingerprint density at radius 1 is 0.923 bits per heavy atom. The van der Waals surface area contributed by atoms with E-state index in [1.54, 1.807) is 0 Å². The molecule has 4 aliphatic carbocycles. The highest BCUT2D eigenvalue weighted by molar-refractivity contribution is 5.20. The monoisotopic (exact) mass is 176 g/mol. The minimum absolute atomic E-state index is 0.0546. The molecule has 70 valence electrons. The van der Waals surface area contributed by atoms with Crippen molar-refractivity contribution < 1.29 is 5.11 Å². The molecule has 0 radical (unpaired) electrons. The molecule has 3 saturated carbocycles. The van der Waals surface area contributed by atoms with Gasteiger partial charge < -0.3 is 5.11 Å². The first-order valence-electron chi connectivity index (χ1n) is 5.71. The number of fused-ring (bicyclic) bond motifs is 9. The van der Waals surface area contributed by atoms with Gasteiger partial charge >= 0.3 is 0 Å². The van der Waals surface area contributed by atoms with Crippen LogP contribution in [0, 0.1) is 35.5 Å². The molecule has 0 saturated heterocycles. The van der Waals surface area contributed by atoms with Crippen molar-refractivity contribution in [3.63, 3.8) is 0 Å². The van der Waals surface area contributed by atoms with E-state index in [1.807, 2.05) is 0 Å². The third kappa shape index (κ3) is 0.665. The number of hydrogen-bond acceptors (Lipinski definition) is 1. The summed E-state index contributed by atoms with van der Waals surface area (Å²) in [5, 5.41) is 9.87. The highest BCUT2D eigenvalue weighted by atomic mass is 16.3. The normalized spacial score (nSPS) is 66.4. The van der Waals surface area contributed by atoms with Crippen molar-refractivity contribution in [3.8, 4) is 0 Å². The zero-order chi connectivity index (χ0) is 8.58. The van der Waals surface area contributed by atoms with Gasteiger partial charge in [0.15, 0.2) is 0 Å². The summed E-state index contributed by atoms with van der Waals surface area (Å²) in [4.78, 5) is 0. The second-order valence-electron chi connectivity index (χ2n) is 5.57. The van der Waals surface area contributed by atoms with Crippen LogP contribution in [-0.2, 0) is 0 Å². The summed E-state index contributed by atoms with van der Waals surface area (Å²) in [6.07, 6.45) is 8.81. The average molecular weight is 176 g/mol. The number of hydrogen-bond donors (Lipinski definition) is 1. The van der Waals surface area contributed by atoms with Gasteiger partial charge in [-0.15, -0.1) is 0 Å². The molecule has 13 heavy (non-hydrogen) atoms. The lowest BCUT2D eigenvalue weighted by Crippen LogP contribution is -2.33. The van der Waals surface area contributed by atoms with E-state index in [0.29, 0.717) is 5.92 Å². The molecule has 0 amide bonds. The third-order valence-electron chi connectivity index (χ3n) is 5.24. The molecule has 1 nitrogen and oxygen atoms in total. The molecular weight excluding hydrogens is 160 g/mol. The molecule has 0 aromatic rings. The maximum Gasteiger partial charge on any atom is 0.0574 e. The lowest BCUT2D eigenvalue weighted by Gasteiger charge is -2.34. The van der Waals surface area contributed by atoms with Crippen molar-refractivity contribution in [2.45, 2.75) is 25.4 Å². The van der Waals surface area contributed by atoms with Crippen molar-refractivity contribution in [3.05, 3.63) is 12.2 Å². The summed E-state index contributed by atoms with van der Waals surface area (Å²) in [6.45, 7) is 0. The average Bonchev–Trinajstić information content (AvgIpc) is 2.78. The van der Waals surface area contributed by atoms with Crippen molar-refractivity contribution in [2.75, 3.05) is 0 Å². The predicted molar refractivity (Wildman–Crippen MR) is 49.9 cm³/mol. The van der Waals surface area contributed by atoms with Crippen molar-refractivity contribution in [2.24, 2.45) is 35.5 Å². The van der Waals surface area contributed by atoms with Gasteiger partial charge in [0.25, 0.3) is 0 Å². The fraction of sp³-hybridized carbons (Fsp3) is 0.833. The number of allylic oxidation sites excluding steroid dienone is 2. The van der Waals surface area contributed by atoms with E-state index >= 15 is 0 Å². The molecule has 0 heterocycles. The zero-order valence-electron chi connectivity index (χ0n) is 7.76. The molecule has 3 fully saturated rings. The summed E-state index contributed by atoms with van der Waals surface area (Å²) < 4.78 is 0. The van der Waals surface area contributed by atoms with Gasteiger partial charge in [0.05, 0.1) is 6.10 Å². The molecule has 7 atom stereocenters. The van der Waals surface area contributed by atoms with E-state index in [2.05, 4.69) is 12.2 Å². The first kappa shape index (κ1) is 7.05. The van der Waals surface area contributed by atoms with Crippen LogP contribution in [0.3, 0.4) is 0 Å². The van der Waals surface area contributed by atoms with Crippen LogP contribution >= 0.6 is 0 Å². The molecule has 1 N–H and O–H groups in total. The summed E-state index contributed by atoms with van der Waals surface area (Å²) >= 11 is 0. The van der Waals surface area contributed by atoms with Crippen LogP contribution < -0.4 is 0 Å². The van der Waals surface area contributed by atoms with Crippen LogP contribution in [0.1, 0.15) is 19.3 Å². The second-order valence-corrected chi connectivity index (χ2v) is 5.57. The Morgan fingerprint density at radius 3 is 2.54 bits per heavy atom. The van der Waals surface area contributed by atoms with Crippen LogP contribution in [0.4, 0.5) is 0 Å². The molecule has 4 aliphatic rings. The van der Waals surface area contributed by atoms with Gasteiger partial charge in [-0.1, -0.05) is 12.2 Å². The summed E-state index contributed by atoms with van der Waals surface area (Å²) in [7, 11) is 0. The van der Waals surface area contributed by atoms with Crippen LogP contribution in [0.25, 0.3) is 0 Å². The van der Waals surface area contributed by atoms with E-state index in [4.69, 9.17) is 0 Å². The van der Waals surface area contributed by atoms with E-state index in [1.165, 1.54) is 12.8 Å². The van der Waals surface area contributed by atoms with Crippen LogP contribution in [0.2, 0.25) is 0 Å². The van der Waals surface area contributed by atoms with Crippen molar-refractivity contribution in [1.29, 1.82) is 0 Å². The molecule has 0 aliphatic heterocycles. The van der Waals surface area contributed by atoms with E-state index in [-0.39, 0.29) is 6.10 Å². The Hall–Kier alpha value is -0.300. The first-order chi connectivity index (χ1) is 6.34. The lowest BCUT2D eigenvalue weighted by atomic mass is 9.72. The molecule has 4 bridgehead atoms. The topological polar surface area (TPSA) is 20.2 Å². The minimum Gasteiger partial charge on any atom is -0.393 e. The number of rotatable bonds is 0. The Bertz CT molecular complexity index is 283. The molecule has 0 aromatic carbocycles. The largest absolute Gasteiger partial charge is 0.393 e. The smallest absolute Gasteiger partial charge is 0.0574 e. The summed E-state index contributed by atoms with van der Waals surface area (Å²) in [5.74, 6) is 5.16. The third-order valence-corrected chi connectivity index (χ3v) is 5.24. The highest BCUT2D eigenvalue weighted by Gasteiger charge is 2.60. The fourth-order valence-electron chi connectivity index (χ4n) is 4.98. The zero-order valence-corrected chi connectivity index (χ0v) is 7.76. The summed E-state index contributed by atoms with van der Waals surface area (Å²) in [6, 6.07) is 0. The van der Waals surface area contributed by atoms with Gasteiger partial charge in [-0.2, -0.15) is 0 Å². The Morgan fingerprint density at radius 2 is 1.69 bits per heavy atom. The SMILES string of the molecule is O[C@@H]1C[C@H]2C[C@H]1[C@H]1[C@H]2[C@H]2C=C[C@H]1C2. The highest BCUT2D eigenvalue weighted by Crippen LogP contribution is 2.65. The van der Waals surface area contributed by atoms with Crippen molar-refractivity contribution >= 4 is 0 Å². The number of aliphatic hydroxyl groups excluding tert-OH is 1. The maximum atomic E-state index is 9.87. The van der Waals surface area contributed by atoms with E-state index in [9.17, 15) is 5.11 Å². The molecule has 0 spiro atoms. The maximum absolute atomic E-state index is 9.87. The predicted octanol–water partition coefficient (Wildman–Crippen LogP) is 1.83. The van der Waals surface area contributed by atoms with E-state index < -0.39 is 0 Å². The standard InChI is InChI=1S/C12H16O/c13-10-5-8-4-9(10)12-7-2-1-6(3-7)11(8)12/h1-2,6-13H,3-5H2/t6-,7-,8+,9+,10+,11-,12-/m0/s1. The van der Waals surface area contributed by atoms with Gasteiger partial charge in [0.2, 0.25) is 0 Å². The van der Waals surface area contributed by atoms with Gasteiger partial charge in [0.1, 0.15) is 0 Å². The Kier molecular flexibility index (Phi) is 1.10. The van der Waals surface area contributed by atoms with Gasteiger partial charge in [-0.05, 0) is 54.8 Å². The molecule has 1 heteroatoms. The first-order valence-corrected chi connectivity index (χ1v) is 5.71. The summed E-state index contributed by atoms with van der Waals surface area (Å²) in [5.41, 5.74) is 0. The molecular formula is C12H16O. The van der Waals surface area contributed by atoms with Crippen LogP contribution in [0.5, 0.6) is 0 Å². The molecule has 4 rings (SSSR count). The van der Waals surface area contributed by atoms with Crippen LogP contribution in [-0.4, -0.2) is 11.2 Å². The van der Waals surface area contributed by atoms with Gasteiger partial charge in [0, 0.05) is 0 Å². The minimum atomic E-state index is 0.0546. The Labute approximate surface area is 78.8 Å². The van der Waals surface area contributed by atoms with Crippen LogP contribution in [0.15, 0.2) is 12.2 Å². The fourth-order valence-corrected chi connectivity index (χ4v) is 4.98. The second kappa shape index (κ2) is 2.03. The van der Waals surface area contributed by atoms with Gasteiger partial charge in [-0.3, -0.25) is 0 Å². The quantitative estimate of drug-likeness (QED) is 0.441. The lowest BCUT2D eigenvalue weighted by molar-refractivity contribution is 0.0484.